The molecule has 0 saturated heterocycles. The molecule has 1 N–H and O–H groups in total. The Hall–Kier alpha value is -5.65. The number of benzene rings is 3. The maximum atomic E-state index is 14.3. The monoisotopic (exact) mass is 604 g/mol. The molecule has 0 aliphatic rings. The van der Waals surface area contributed by atoms with E-state index in [1.165, 1.54) is 16.2 Å². The number of tetrazole rings is 1. The number of methoxy groups -OCH3 is 1. The molecule has 0 radical (unpaired) electrons. The minimum Gasteiger partial charge on any atom is -0.468 e. The molecular weight excluding hydrogens is 572 g/mol. The Morgan fingerprint density at radius 1 is 0.889 bits per heavy atom. The van der Waals surface area contributed by atoms with Gasteiger partial charge in [0.05, 0.1) is 13.2 Å². The number of hydrogen-bond acceptors (Lipinski definition) is 8. The minimum atomic E-state index is -0.626. The van der Waals surface area contributed by atoms with E-state index in [4.69, 9.17) is 9.72 Å². The van der Waals surface area contributed by atoms with Crippen LogP contribution >= 0.6 is 0 Å². The van der Waals surface area contributed by atoms with Crippen LogP contribution in [0, 0.1) is 0 Å². The lowest BCUT2D eigenvalue weighted by Gasteiger charge is -2.18. The van der Waals surface area contributed by atoms with E-state index in [2.05, 4.69) is 20.6 Å². The largest absolute Gasteiger partial charge is 0.468 e. The average Bonchev–Trinajstić information content (AvgIpc) is 3.73. The number of ether oxygens (including phenoxy) is 1. The maximum absolute atomic E-state index is 14.3. The summed E-state index contributed by atoms with van der Waals surface area (Å²) in [6.07, 6.45) is 0. The average molecular weight is 605 g/mol. The van der Waals surface area contributed by atoms with Crippen molar-refractivity contribution in [2.45, 2.75) is 45.8 Å². The maximum Gasteiger partial charge on any atom is 0.333 e. The molecule has 0 saturated carbocycles. The normalized spacial score (nSPS) is 12.1. The van der Waals surface area contributed by atoms with E-state index >= 15 is 0 Å². The Bertz CT molecular complexity index is 2090. The fraction of sp³-hybridized carbons (Fsp3) is 0.242. The number of H-pyrrole nitrogens is 1. The van der Waals surface area contributed by atoms with Crippen LogP contribution in [0.15, 0.2) is 88.5 Å². The number of esters is 1. The highest BCUT2D eigenvalue weighted by atomic mass is 16.5. The fourth-order valence-corrected chi connectivity index (χ4v) is 5.62. The number of hydrogen-bond donors (Lipinski definition) is 1. The first-order chi connectivity index (χ1) is 21.8. The van der Waals surface area contributed by atoms with E-state index in [0.29, 0.717) is 18.2 Å². The molecule has 12 nitrogen and oxygen atoms in total. The molecule has 3 aromatic heterocycles. The van der Waals surface area contributed by atoms with Gasteiger partial charge in [0.2, 0.25) is 5.82 Å². The van der Waals surface area contributed by atoms with E-state index in [-0.39, 0.29) is 23.6 Å². The second-order valence-electron chi connectivity index (χ2n) is 11.1. The van der Waals surface area contributed by atoms with Gasteiger partial charge in [0, 0.05) is 18.0 Å². The molecule has 0 amide bonds. The number of aromatic amines is 1. The Balaban J connectivity index is 1.49. The van der Waals surface area contributed by atoms with Gasteiger partial charge in [0.25, 0.3) is 5.56 Å². The van der Waals surface area contributed by atoms with E-state index in [0.717, 1.165) is 27.8 Å². The molecule has 6 aromatic rings. The Morgan fingerprint density at radius 2 is 1.58 bits per heavy atom. The van der Waals surface area contributed by atoms with Crippen LogP contribution in [0.25, 0.3) is 33.7 Å². The third-order valence-corrected chi connectivity index (χ3v) is 7.91. The fourth-order valence-electron chi connectivity index (χ4n) is 5.62. The van der Waals surface area contributed by atoms with Gasteiger partial charge in [0.1, 0.15) is 12.4 Å². The molecule has 0 aliphatic heterocycles. The topological polar surface area (TPSA) is 143 Å². The highest BCUT2D eigenvalue weighted by Crippen LogP contribution is 2.30. The first-order valence-electron chi connectivity index (χ1n) is 14.6. The summed E-state index contributed by atoms with van der Waals surface area (Å²) in [5.74, 6) is 0.421. The number of rotatable bonds is 9. The highest BCUT2D eigenvalue weighted by molar-refractivity contribution is 5.80. The molecule has 1 unspecified atom stereocenters. The predicted octanol–water partition coefficient (Wildman–Crippen LogP) is 4.16. The summed E-state index contributed by atoms with van der Waals surface area (Å²) < 4.78 is 9.19. The molecule has 6 rings (SSSR count). The van der Waals surface area contributed by atoms with Gasteiger partial charge in [-0.3, -0.25) is 18.7 Å². The van der Waals surface area contributed by atoms with Crippen molar-refractivity contribution in [1.82, 2.24) is 39.3 Å². The van der Waals surface area contributed by atoms with Crippen LogP contribution in [0.3, 0.4) is 0 Å². The van der Waals surface area contributed by atoms with Gasteiger partial charge in [-0.15, -0.1) is 10.2 Å². The number of nitrogens with zero attached hydrogens (tertiary/aromatic N) is 7. The van der Waals surface area contributed by atoms with Gasteiger partial charge in [-0.25, -0.2) is 9.78 Å². The number of nitrogens with one attached hydrogen (secondary N) is 1. The molecule has 45 heavy (non-hydrogen) atoms. The second-order valence-corrected chi connectivity index (χ2v) is 11.1. The summed E-state index contributed by atoms with van der Waals surface area (Å²) in [5, 5.41) is 14.5. The summed E-state index contributed by atoms with van der Waals surface area (Å²) in [6.45, 7) is 5.69. The molecule has 3 heterocycles. The Kier molecular flexibility index (Phi) is 7.95. The molecule has 3 aromatic carbocycles. The molecule has 0 aliphatic carbocycles. The smallest absolute Gasteiger partial charge is 0.333 e. The van der Waals surface area contributed by atoms with Crippen molar-refractivity contribution in [3.63, 3.8) is 0 Å². The number of carbonyl (C=O) groups is 1. The molecular formula is C33H32N8O4. The first-order valence-corrected chi connectivity index (χ1v) is 14.6. The van der Waals surface area contributed by atoms with Gasteiger partial charge < -0.3 is 9.30 Å². The third kappa shape index (κ3) is 5.46. The van der Waals surface area contributed by atoms with Crippen molar-refractivity contribution in [2.24, 2.45) is 0 Å². The first kappa shape index (κ1) is 29.4. The quantitative estimate of drug-likeness (QED) is 0.243. The second kappa shape index (κ2) is 12.2. The number of imidazole rings is 1. The highest BCUT2D eigenvalue weighted by Gasteiger charge is 2.26. The molecule has 0 bridgehead atoms. The Labute approximate surface area is 257 Å². The van der Waals surface area contributed by atoms with Gasteiger partial charge in [0.15, 0.2) is 11.2 Å². The van der Waals surface area contributed by atoms with Gasteiger partial charge in [-0.1, -0.05) is 92.7 Å². The predicted molar refractivity (Wildman–Crippen MR) is 169 cm³/mol. The minimum absolute atomic E-state index is 0.0837. The molecule has 0 fully saturated rings. The lowest BCUT2D eigenvalue weighted by Crippen LogP contribution is -2.43. The zero-order valence-electron chi connectivity index (χ0n) is 25.3. The Morgan fingerprint density at radius 3 is 2.22 bits per heavy atom. The third-order valence-electron chi connectivity index (χ3n) is 7.91. The van der Waals surface area contributed by atoms with E-state index in [1.807, 2.05) is 97.3 Å². The van der Waals surface area contributed by atoms with Crippen molar-refractivity contribution >= 4 is 17.1 Å². The molecule has 228 valence electrons. The SMILES string of the molecule is COC(=O)Cn1c(=O)n(C(C)c2ccccc2)c(=O)c2c1nc(C(C)C)n2Cc1ccc(-c2ccccc2-c2nn[nH]n2)cc1. The van der Waals surface area contributed by atoms with Crippen LogP contribution in [0.1, 0.15) is 49.7 Å². The summed E-state index contributed by atoms with van der Waals surface area (Å²) >= 11 is 0. The van der Waals surface area contributed by atoms with Crippen molar-refractivity contribution < 1.29 is 9.53 Å². The van der Waals surface area contributed by atoms with Crippen LogP contribution in [-0.4, -0.2) is 52.4 Å². The standard InChI is InChI=1S/C33H32N8O4/c1-20(2)30-34-31-28(32(43)41(21(3)23-10-6-5-7-11-23)33(44)40(31)19-27(42)45-4)39(30)18-22-14-16-24(17-15-22)25-12-8-9-13-26(25)29-35-37-38-36-29/h5-17,20-21H,18-19H2,1-4H3,(H,35,36,37,38). The van der Waals surface area contributed by atoms with Crippen LogP contribution in [-0.2, 0) is 22.6 Å². The van der Waals surface area contributed by atoms with E-state index in [1.54, 1.807) is 6.92 Å². The van der Waals surface area contributed by atoms with Crippen molar-refractivity contribution in [3.8, 4) is 22.5 Å². The van der Waals surface area contributed by atoms with E-state index < -0.39 is 23.3 Å². The van der Waals surface area contributed by atoms with Crippen LogP contribution in [0.5, 0.6) is 0 Å². The summed E-state index contributed by atoms with van der Waals surface area (Å²) in [6, 6.07) is 24.5. The van der Waals surface area contributed by atoms with Crippen LogP contribution < -0.4 is 11.2 Å². The number of aromatic nitrogens is 8. The van der Waals surface area contributed by atoms with Crippen molar-refractivity contribution in [1.29, 1.82) is 0 Å². The molecule has 0 spiro atoms. The van der Waals surface area contributed by atoms with Gasteiger partial charge >= 0.3 is 11.7 Å². The zero-order chi connectivity index (χ0) is 31.7. The number of carbonyl (C=O) groups excluding carboxylic acids is 1. The van der Waals surface area contributed by atoms with Gasteiger partial charge in [-0.05, 0) is 34.4 Å². The molecule has 1 atom stereocenters. The van der Waals surface area contributed by atoms with Crippen LogP contribution in [0.4, 0.5) is 0 Å². The van der Waals surface area contributed by atoms with Crippen LogP contribution in [0.2, 0.25) is 0 Å². The summed E-state index contributed by atoms with van der Waals surface area (Å²) in [7, 11) is 1.26. The summed E-state index contributed by atoms with van der Waals surface area (Å²) in [5.41, 5.74) is 3.76. The molecule has 12 heteroatoms. The summed E-state index contributed by atoms with van der Waals surface area (Å²) in [4.78, 5) is 45.4. The van der Waals surface area contributed by atoms with E-state index in [9.17, 15) is 14.4 Å². The van der Waals surface area contributed by atoms with Gasteiger partial charge in [-0.2, -0.15) is 5.21 Å². The lowest BCUT2D eigenvalue weighted by molar-refractivity contribution is -0.141. The van der Waals surface area contributed by atoms with Crippen molar-refractivity contribution in [2.75, 3.05) is 7.11 Å². The zero-order valence-corrected chi connectivity index (χ0v) is 25.3. The van der Waals surface area contributed by atoms with Crippen molar-refractivity contribution in [3.05, 3.63) is 117 Å². The number of fused-ring (bicyclic) bond motifs is 1. The lowest BCUT2D eigenvalue weighted by atomic mass is 9.98.